The van der Waals surface area contributed by atoms with Crippen LogP contribution in [0.2, 0.25) is 0 Å². The topological polar surface area (TPSA) is 63.2 Å². The molecule has 17 heavy (non-hydrogen) atoms. The van der Waals surface area contributed by atoms with Gasteiger partial charge >= 0.3 is 5.97 Å². The number of carbonyl (C=O) groups is 1. The van der Waals surface area contributed by atoms with Gasteiger partial charge in [0.15, 0.2) is 0 Å². The molecule has 1 fully saturated rings. The largest absolute Gasteiger partial charge is 0.436 e. The molecule has 0 bridgehead atoms. The predicted molar refractivity (Wildman–Crippen MR) is 58.5 cm³/mol. The molecule has 1 heterocycles. The fraction of sp³-hybridized carbons (Fsp3) is 0.909. The maximum atomic E-state index is 10.9. The summed E-state index contributed by atoms with van der Waals surface area (Å²) in [6.45, 7) is 1.70. The molecule has 1 unspecified atom stereocenters. The number of ether oxygens (including phenoxy) is 5. The van der Waals surface area contributed by atoms with E-state index in [1.807, 2.05) is 0 Å². The Morgan fingerprint density at radius 1 is 1.29 bits per heavy atom. The van der Waals surface area contributed by atoms with Gasteiger partial charge < -0.3 is 23.7 Å². The molecule has 0 aliphatic carbocycles. The van der Waals surface area contributed by atoms with Crippen LogP contribution in [0, 0.1) is 0 Å². The van der Waals surface area contributed by atoms with E-state index in [0.717, 1.165) is 0 Å². The first-order valence-electron chi connectivity index (χ1n) is 5.49. The highest BCUT2D eigenvalue weighted by Gasteiger charge is 2.40. The lowest BCUT2D eigenvalue weighted by Gasteiger charge is -2.39. The second kappa shape index (κ2) is 6.90. The Morgan fingerprint density at radius 3 is 2.47 bits per heavy atom. The minimum Gasteiger partial charge on any atom is -0.436 e. The molecule has 0 aromatic carbocycles. The summed E-state index contributed by atoms with van der Waals surface area (Å²) in [4.78, 5) is 10.9. The van der Waals surface area contributed by atoms with E-state index in [1.54, 1.807) is 21.3 Å². The Morgan fingerprint density at radius 2 is 2.00 bits per heavy atom. The van der Waals surface area contributed by atoms with Crippen LogP contribution < -0.4 is 0 Å². The SMILES string of the molecule is COC[C@H]1OC(OC(C)=O)C[C@@H](OC)[C@@H]1OC. The molecule has 0 spiro atoms. The van der Waals surface area contributed by atoms with Gasteiger partial charge in [0.05, 0.1) is 12.7 Å². The van der Waals surface area contributed by atoms with Gasteiger partial charge in [-0.15, -0.1) is 0 Å². The fourth-order valence-electron chi connectivity index (χ4n) is 1.98. The van der Waals surface area contributed by atoms with Crippen LogP contribution in [-0.4, -0.2) is 58.5 Å². The Bertz CT molecular complexity index is 244. The van der Waals surface area contributed by atoms with E-state index >= 15 is 0 Å². The van der Waals surface area contributed by atoms with E-state index in [-0.39, 0.29) is 24.3 Å². The molecule has 0 aromatic rings. The smallest absolute Gasteiger partial charge is 0.304 e. The molecule has 100 valence electrons. The number of hydrogen-bond acceptors (Lipinski definition) is 6. The van der Waals surface area contributed by atoms with Crippen molar-refractivity contribution in [2.75, 3.05) is 27.9 Å². The number of methoxy groups -OCH3 is 3. The number of esters is 1. The lowest BCUT2D eigenvalue weighted by Crippen LogP contribution is -2.52. The van der Waals surface area contributed by atoms with E-state index in [0.29, 0.717) is 13.0 Å². The van der Waals surface area contributed by atoms with E-state index < -0.39 is 6.29 Å². The van der Waals surface area contributed by atoms with Gasteiger partial charge in [-0.3, -0.25) is 4.79 Å². The van der Waals surface area contributed by atoms with Crippen LogP contribution in [-0.2, 0) is 28.5 Å². The Balaban J connectivity index is 2.67. The van der Waals surface area contributed by atoms with Crippen molar-refractivity contribution in [3.8, 4) is 0 Å². The summed E-state index contributed by atoms with van der Waals surface area (Å²) in [6, 6.07) is 0. The van der Waals surface area contributed by atoms with Gasteiger partial charge in [-0.1, -0.05) is 0 Å². The van der Waals surface area contributed by atoms with Crippen molar-refractivity contribution in [3.63, 3.8) is 0 Å². The summed E-state index contributed by atoms with van der Waals surface area (Å²) in [5, 5.41) is 0. The zero-order chi connectivity index (χ0) is 12.8. The average molecular weight is 248 g/mol. The van der Waals surface area contributed by atoms with E-state index in [9.17, 15) is 4.79 Å². The van der Waals surface area contributed by atoms with Gasteiger partial charge in [0.25, 0.3) is 0 Å². The first-order valence-corrected chi connectivity index (χ1v) is 5.49. The van der Waals surface area contributed by atoms with Crippen molar-refractivity contribution < 1.29 is 28.5 Å². The van der Waals surface area contributed by atoms with Crippen LogP contribution in [0.15, 0.2) is 0 Å². The molecule has 1 aliphatic heterocycles. The van der Waals surface area contributed by atoms with Crippen molar-refractivity contribution in [1.82, 2.24) is 0 Å². The highest BCUT2D eigenvalue weighted by atomic mass is 16.7. The summed E-state index contributed by atoms with van der Waals surface area (Å²) in [6.07, 6.45) is -0.878. The minimum absolute atomic E-state index is 0.182. The third kappa shape index (κ3) is 3.92. The number of rotatable bonds is 5. The standard InChI is InChI=1S/C11H20O6/c1-7(12)16-10-5-8(14-3)11(15-4)9(17-10)6-13-2/h8-11H,5-6H2,1-4H3/t8-,9-,10?,11+/m1/s1. The second-order valence-electron chi connectivity index (χ2n) is 3.88. The molecule has 0 amide bonds. The van der Waals surface area contributed by atoms with Gasteiger partial charge in [-0.2, -0.15) is 0 Å². The summed E-state index contributed by atoms with van der Waals surface area (Å²) < 4.78 is 26.4. The van der Waals surface area contributed by atoms with Crippen LogP contribution in [0.1, 0.15) is 13.3 Å². The molecule has 1 saturated heterocycles. The van der Waals surface area contributed by atoms with Crippen molar-refractivity contribution in [1.29, 1.82) is 0 Å². The fourth-order valence-corrected chi connectivity index (χ4v) is 1.98. The zero-order valence-electron chi connectivity index (χ0n) is 10.7. The van der Waals surface area contributed by atoms with Crippen LogP contribution in [0.3, 0.4) is 0 Å². The average Bonchev–Trinajstić information content (AvgIpc) is 2.28. The molecule has 0 aromatic heterocycles. The lowest BCUT2D eigenvalue weighted by atomic mass is 10.0. The van der Waals surface area contributed by atoms with Crippen molar-refractivity contribution >= 4 is 5.97 Å². The molecule has 1 aliphatic rings. The molecule has 6 nitrogen and oxygen atoms in total. The van der Waals surface area contributed by atoms with Crippen molar-refractivity contribution in [3.05, 3.63) is 0 Å². The van der Waals surface area contributed by atoms with E-state index in [1.165, 1.54) is 6.92 Å². The molecule has 6 heteroatoms. The summed E-state index contributed by atoms with van der Waals surface area (Å²) in [7, 11) is 4.76. The first-order chi connectivity index (χ1) is 8.12. The summed E-state index contributed by atoms with van der Waals surface area (Å²) in [5.41, 5.74) is 0. The highest BCUT2D eigenvalue weighted by Crippen LogP contribution is 2.25. The number of carbonyl (C=O) groups excluding carboxylic acids is 1. The maximum Gasteiger partial charge on any atom is 0.304 e. The van der Waals surface area contributed by atoms with Gasteiger partial charge in [0, 0.05) is 34.7 Å². The Kier molecular flexibility index (Phi) is 5.84. The molecule has 0 radical (unpaired) electrons. The van der Waals surface area contributed by atoms with Crippen LogP contribution in [0.4, 0.5) is 0 Å². The van der Waals surface area contributed by atoms with Crippen LogP contribution in [0.5, 0.6) is 0 Å². The van der Waals surface area contributed by atoms with Gasteiger partial charge in [0.1, 0.15) is 12.2 Å². The monoisotopic (exact) mass is 248 g/mol. The molecular weight excluding hydrogens is 228 g/mol. The zero-order valence-corrected chi connectivity index (χ0v) is 10.7. The Labute approximate surface area is 101 Å². The van der Waals surface area contributed by atoms with Crippen molar-refractivity contribution in [2.24, 2.45) is 0 Å². The van der Waals surface area contributed by atoms with Crippen LogP contribution >= 0.6 is 0 Å². The molecule has 1 rings (SSSR count). The Hall–Kier alpha value is -0.690. The highest BCUT2D eigenvalue weighted by molar-refractivity contribution is 5.66. The molecule has 4 atom stereocenters. The normalized spacial score (nSPS) is 33.4. The van der Waals surface area contributed by atoms with Crippen LogP contribution in [0.25, 0.3) is 0 Å². The van der Waals surface area contributed by atoms with Gasteiger partial charge in [0.2, 0.25) is 6.29 Å². The van der Waals surface area contributed by atoms with Gasteiger partial charge in [-0.05, 0) is 0 Å². The van der Waals surface area contributed by atoms with Gasteiger partial charge in [-0.25, -0.2) is 0 Å². The first kappa shape index (κ1) is 14.4. The predicted octanol–water partition coefficient (Wildman–Crippen LogP) is 0.341. The summed E-state index contributed by atoms with van der Waals surface area (Å²) >= 11 is 0. The molecule has 0 N–H and O–H groups in total. The summed E-state index contributed by atoms with van der Waals surface area (Å²) in [5.74, 6) is -0.378. The molecule has 0 saturated carbocycles. The quantitative estimate of drug-likeness (QED) is 0.654. The minimum atomic E-state index is -0.607. The third-order valence-electron chi connectivity index (χ3n) is 2.69. The third-order valence-corrected chi connectivity index (χ3v) is 2.69. The molecular formula is C11H20O6. The lowest BCUT2D eigenvalue weighted by molar-refractivity contribution is -0.259. The second-order valence-corrected chi connectivity index (χ2v) is 3.88. The van der Waals surface area contributed by atoms with E-state index in [4.69, 9.17) is 23.7 Å². The van der Waals surface area contributed by atoms with Crippen molar-refractivity contribution in [2.45, 2.75) is 37.9 Å². The number of hydrogen-bond donors (Lipinski definition) is 0. The van der Waals surface area contributed by atoms with E-state index in [2.05, 4.69) is 0 Å². The maximum absolute atomic E-state index is 10.9.